The number of pyridine rings is 1. The number of nitrogens with zero attached hydrogens (tertiary/aromatic N) is 1. The number of carbonyl (C=O) groups excluding carboxylic acids is 2. The first-order valence-corrected chi connectivity index (χ1v) is 3.99. The quantitative estimate of drug-likeness (QED) is 0.690. The maximum atomic E-state index is 11.7. The van der Waals surface area contributed by atoms with Crippen molar-refractivity contribution in [1.29, 1.82) is 0 Å². The molecular weight excluding hydrogens is 227 g/mol. The molecule has 5 nitrogen and oxygen atoms in total. The van der Waals surface area contributed by atoms with Crippen LogP contribution in [0.15, 0.2) is 24.5 Å². The number of aromatic nitrogens is 1. The van der Waals surface area contributed by atoms with Gasteiger partial charge in [0.25, 0.3) is 5.91 Å². The Morgan fingerprint density at radius 1 is 1.12 bits per heavy atom. The average Bonchev–Trinajstić information content (AvgIpc) is 2.25. The summed E-state index contributed by atoms with van der Waals surface area (Å²) in [7, 11) is 0. The Morgan fingerprint density at radius 2 is 1.69 bits per heavy atom. The second-order valence-electron chi connectivity index (χ2n) is 2.64. The summed E-state index contributed by atoms with van der Waals surface area (Å²) in [6, 6.07) is 2.57. The summed E-state index contributed by atoms with van der Waals surface area (Å²) in [5, 5.41) is 0. The highest BCUT2D eigenvalue weighted by Gasteiger charge is 2.38. The van der Waals surface area contributed by atoms with Gasteiger partial charge in [-0.2, -0.15) is 13.2 Å². The Hall–Kier alpha value is -2.12. The van der Waals surface area contributed by atoms with E-state index in [2.05, 4.69) is 4.98 Å². The van der Waals surface area contributed by atoms with Gasteiger partial charge in [-0.25, -0.2) is 0 Å². The van der Waals surface area contributed by atoms with E-state index in [1.54, 1.807) is 5.43 Å². The van der Waals surface area contributed by atoms with Gasteiger partial charge in [-0.3, -0.25) is 25.4 Å². The molecule has 0 radical (unpaired) electrons. The van der Waals surface area contributed by atoms with Crippen molar-refractivity contribution < 1.29 is 22.8 Å². The molecule has 1 rings (SSSR count). The molecule has 0 bridgehead atoms. The molecule has 2 N–H and O–H groups in total. The summed E-state index contributed by atoms with van der Waals surface area (Å²) in [4.78, 5) is 25.1. The fraction of sp³-hybridized carbons (Fsp3) is 0.125. The summed E-state index contributed by atoms with van der Waals surface area (Å²) >= 11 is 0. The molecule has 0 unspecified atom stereocenters. The molecule has 0 saturated carbocycles. The zero-order valence-electron chi connectivity index (χ0n) is 7.71. The molecule has 1 aromatic rings. The number of hydrogen-bond acceptors (Lipinski definition) is 3. The lowest BCUT2D eigenvalue weighted by Gasteiger charge is -2.08. The van der Waals surface area contributed by atoms with Crippen molar-refractivity contribution in [2.24, 2.45) is 0 Å². The second kappa shape index (κ2) is 4.60. The lowest BCUT2D eigenvalue weighted by molar-refractivity contribution is -0.174. The Balaban J connectivity index is 2.52. The van der Waals surface area contributed by atoms with E-state index in [1.807, 2.05) is 0 Å². The van der Waals surface area contributed by atoms with Crippen LogP contribution in [0.4, 0.5) is 13.2 Å². The maximum Gasteiger partial charge on any atom is 0.472 e. The average molecular weight is 233 g/mol. The van der Waals surface area contributed by atoms with Crippen LogP contribution in [0.2, 0.25) is 0 Å². The van der Waals surface area contributed by atoms with E-state index in [4.69, 9.17) is 0 Å². The number of halogens is 3. The molecule has 16 heavy (non-hydrogen) atoms. The van der Waals surface area contributed by atoms with E-state index >= 15 is 0 Å². The molecule has 1 heterocycles. The molecule has 8 heteroatoms. The minimum absolute atomic E-state index is 0.0810. The van der Waals surface area contributed by atoms with Crippen molar-refractivity contribution in [3.05, 3.63) is 30.1 Å². The highest BCUT2D eigenvalue weighted by Crippen LogP contribution is 2.13. The van der Waals surface area contributed by atoms with Crippen LogP contribution >= 0.6 is 0 Å². The third kappa shape index (κ3) is 3.23. The number of nitrogens with one attached hydrogen (secondary N) is 2. The van der Waals surface area contributed by atoms with E-state index in [0.717, 1.165) is 0 Å². The molecule has 2 amide bonds. The van der Waals surface area contributed by atoms with Crippen LogP contribution in [0.25, 0.3) is 0 Å². The number of carbonyl (C=O) groups is 2. The normalized spacial score (nSPS) is 10.7. The van der Waals surface area contributed by atoms with E-state index in [9.17, 15) is 22.8 Å². The number of rotatable bonds is 1. The minimum Gasteiger partial charge on any atom is -0.267 e. The molecule has 0 aromatic carbocycles. The van der Waals surface area contributed by atoms with Crippen LogP contribution < -0.4 is 10.9 Å². The van der Waals surface area contributed by atoms with Crippen LogP contribution in [0.5, 0.6) is 0 Å². The highest BCUT2D eigenvalue weighted by atomic mass is 19.4. The number of hydrogen-bond donors (Lipinski definition) is 2. The second-order valence-corrected chi connectivity index (χ2v) is 2.64. The first-order valence-electron chi connectivity index (χ1n) is 3.99. The van der Waals surface area contributed by atoms with Gasteiger partial charge in [0, 0.05) is 18.0 Å². The Morgan fingerprint density at radius 3 is 2.19 bits per heavy atom. The fourth-order valence-corrected chi connectivity index (χ4v) is 0.760. The standard InChI is InChI=1S/C8H6F3N3O2/c9-8(10,11)7(16)14-13-6(15)5-1-3-12-4-2-5/h1-4H,(H,13,15)(H,14,16). The Kier molecular flexibility index (Phi) is 3.44. The fourth-order valence-electron chi connectivity index (χ4n) is 0.760. The molecular formula is C8H6F3N3O2. The molecule has 0 aliphatic rings. The SMILES string of the molecule is O=C(NNC(=O)C(F)(F)F)c1ccncc1. The van der Waals surface area contributed by atoms with Gasteiger partial charge in [0.15, 0.2) is 0 Å². The van der Waals surface area contributed by atoms with Crippen LogP contribution in [-0.2, 0) is 4.79 Å². The summed E-state index contributed by atoms with van der Waals surface area (Å²) in [5.41, 5.74) is 2.94. The zero-order valence-corrected chi connectivity index (χ0v) is 7.71. The lowest BCUT2D eigenvalue weighted by atomic mass is 10.3. The van der Waals surface area contributed by atoms with Crippen molar-refractivity contribution in [3.8, 4) is 0 Å². The molecule has 0 atom stereocenters. The van der Waals surface area contributed by atoms with E-state index in [0.29, 0.717) is 0 Å². The molecule has 0 spiro atoms. The summed E-state index contributed by atoms with van der Waals surface area (Å²) in [6.07, 6.45) is -2.45. The smallest absolute Gasteiger partial charge is 0.267 e. The summed E-state index contributed by atoms with van der Waals surface area (Å²) < 4.78 is 35.2. The van der Waals surface area contributed by atoms with Gasteiger partial charge in [0.1, 0.15) is 0 Å². The molecule has 1 aromatic heterocycles. The van der Waals surface area contributed by atoms with Crippen molar-refractivity contribution in [1.82, 2.24) is 15.8 Å². The van der Waals surface area contributed by atoms with Gasteiger partial charge in [0.05, 0.1) is 0 Å². The number of amides is 2. The van der Waals surface area contributed by atoms with Gasteiger partial charge in [-0.15, -0.1) is 0 Å². The lowest BCUT2D eigenvalue weighted by Crippen LogP contribution is -2.47. The molecule has 0 aliphatic carbocycles. The van der Waals surface area contributed by atoms with Crippen LogP contribution in [0.3, 0.4) is 0 Å². The van der Waals surface area contributed by atoms with Crippen molar-refractivity contribution in [2.45, 2.75) is 6.18 Å². The van der Waals surface area contributed by atoms with Gasteiger partial charge in [-0.05, 0) is 12.1 Å². The topological polar surface area (TPSA) is 71.1 Å². The zero-order chi connectivity index (χ0) is 12.2. The molecule has 86 valence electrons. The van der Waals surface area contributed by atoms with Gasteiger partial charge in [0.2, 0.25) is 0 Å². The van der Waals surface area contributed by atoms with Crippen LogP contribution in [-0.4, -0.2) is 23.0 Å². The van der Waals surface area contributed by atoms with Crippen molar-refractivity contribution in [2.75, 3.05) is 0 Å². The first kappa shape index (κ1) is 12.0. The van der Waals surface area contributed by atoms with Gasteiger partial charge in [-0.1, -0.05) is 0 Å². The monoisotopic (exact) mass is 233 g/mol. The number of hydrazine groups is 1. The van der Waals surface area contributed by atoms with E-state index in [-0.39, 0.29) is 5.56 Å². The molecule has 0 saturated heterocycles. The van der Waals surface area contributed by atoms with Gasteiger partial charge >= 0.3 is 12.1 Å². The third-order valence-electron chi connectivity index (χ3n) is 1.49. The van der Waals surface area contributed by atoms with Crippen LogP contribution in [0, 0.1) is 0 Å². The first-order chi connectivity index (χ1) is 7.41. The number of alkyl halides is 3. The van der Waals surface area contributed by atoms with Crippen molar-refractivity contribution >= 4 is 11.8 Å². The van der Waals surface area contributed by atoms with Crippen LogP contribution in [0.1, 0.15) is 10.4 Å². The predicted molar refractivity (Wildman–Crippen MR) is 45.9 cm³/mol. The third-order valence-corrected chi connectivity index (χ3v) is 1.49. The minimum atomic E-state index is -5.04. The summed E-state index contributed by atoms with van der Waals surface area (Å²) in [6.45, 7) is 0. The largest absolute Gasteiger partial charge is 0.472 e. The van der Waals surface area contributed by atoms with Crippen molar-refractivity contribution in [3.63, 3.8) is 0 Å². The predicted octanol–water partition coefficient (Wildman–Crippen LogP) is 0.405. The Labute approximate surface area is 87.6 Å². The van der Waals surface area contributed by atoms with E-state index < -0.39 is 18.0 Å². The highest BCUT2D eigenvalue weighted by molar-refractivity contribution is 5.95. The Bertz CT molecular complexity index is 391. The molecule has 0 fully saturated rings. The van der Waals surface area contributed by atoms with Gasteiger partial charge < -0.3 is 0 Å². The van der Waals surface area contributed by atoms with E-state index in [1.165, 1.54) is 30.0 Å². The molecule has 0 aliphatic heterocycles. The maximum absolute atomic E-state index is 11.7. The summed E-state index contributed by atoms with van der Waals surface area (Å²) in [5.74, 6) is -3.10.